The van der Waals surface area contributed by atoms with E-state index in [4.69, 9.17) is 5.73 Å². The van der Waals surface area contributed by atoms with Crippen molar-refractivity contribution in [3.63, 3.8) is 0 Å². The standard InChI is InChI=1S/C23H20F3N7O/c24-23(25,26)14-2-1-3-16(10-14)32-22(34)31-15-6-4-13(5-7-15)19-18-20(27)29-12-30-21(18)33(19)17-8-9-28-11-17/h1-7,10,12,17,28H,8-9,11H2,(H3,27,29,30,31,32,34)/p+1. The Morgan fingerprint density at radius 2 is 1.85 bits per heavy atom. The van der Waals surface area contributed by atoms with Crippen LogP contribution < -0.4 is 21.7 Å². The molecule has 2 aliphatic heterocycles. The van der Waals surface area contributed by atoms with Crippen LogP contribution in [-0.2, 0) is 6.18 Å². The number of aromatic nitrogens is 2. The molecule has 2 aromatic carbocycles. The molecule has 11 heteroatoms. The lowest BCUT2D eigenvalue weighted by atomic mass is 9.95. The van der Waals surface area contributed by atoms with Crippen LogP contribution in [0.5, 0.6) is 0 Å². The molecule has 1 atom stereocenters. The Balaban J connectivity index is 1.33. The van der Waals surface area contributed by atoms with E-state index in [1.807, 2.05) is 12.1 Å². The van der Waals surface area contributed by atoms with E-state index in [1.54, 1.807) is 12.1 Å². The summed E-state index contributed by atoms with van der Waals surface area (Å²) in [5.41, 5.74) is 8.44. The zero-order chi connectivity index (χ0) is 23.9. The molecule has 3 heterocycles. The van der Waals surface area contributed by atoms with Crippen molar-refractivity contribution < 1.29 is 22.5 Å². The molecular weight excluding hydrogens is 447 g/mol. The van der Waals surface area contributed by atoms with Crippen LogP contribution in [0.15, 0.2) is 54.9 Å². The highest BCUT2D eigenvalue weighted by molar-refractivity contribution is 6.18. The van der Waals surface area contributed by atoms with Crippen LogP contribution in [-0.4, -0.2) is 45.4 Å². The van der Waals surface area contributed by atoms with Gasteiger partial charge in [-0.1, -0.05) is 6.07 Å². The number of hydrogen-bond donors (Lipinski definition) is 4. The van der Waals surface area contributed by atoms with Crippen LogP contribution in [0.3, 0.4) is 0 Å². The molecule has 8 nitrogen and oxygen atoms in total. The first-order valence-electron chi connectivity index (χ1n) is 10.6. The van der Waals surface area contributed by atoms with Gasteiger partial charge in [0.1, 0.15) is 11.9 Å². The number of benzene rings is 2. The molecule has 1 fully saturated rings. The molecule has 0 saturated carbocycles. The number of hydrogen-bond acceptors (Lipinski definition) is 5. The minimum absolute atomic E-state index is 0.0434. The fourth-order valence-electron chi connectivity index (χ4n) is 4.25. The highest BCUT2D eigenvalue weighted by Gasteiger charge is 2.43. The van der Waals surface area contributed by atoms with Crippen LogP contribution in [0.2, 0.25) is 0 Å². The lowest BCUT2D eigenvalue weighted by molar-refractivity contribution is -0.494. The van der Waals surface area contributed by atoms with Gasteiger partial charge in [0, 0.05) is 29.9 Å². The predicted octanol–water partition coefficient (Wildman–Crippen LogP) is 3.58. The molecule has 0 bridgehead atoms. The molecule has 34 heavy (non-hydrogen) atoms. The fraction of sp³-hybridized carbons (Fsp3) is 0.217. The second-order valence-electron chi connectivity index (χ2n) is 8.06. The summed E-state index contributed by atoms with van der Waals surface area (Å²) in [7, 11) is 0. The molecule has 0 aliphatic carbocycles. The zero-order valence-corrected chi connectivity index (χ0v) is 17.9. The first kappa shape index (κ1) is 21.8. The number of urea groups is 1. The topological polar surface area (TPSA) is 108 Å². The van der Waals surface area contributed by atoms with Crippen molar-refractivity contribution in [1.82, 2.24) is 15.3 Å². The van der Waals surface area contributed by atoms with Crippen molar-refractivity contribution in [2.45, 2.75) is 18.6 Å². The third kappa shape index (κ3) is 4.05. The SMILES string of the molecule is Nc1ncnc2c1C(c1ccc(NC(=O)Nc3cccc(C(F)(F)F)c3)cc1)=[N+]2C1CCNC1. The first-order chi connectivity index (χ1) is 16.3. The Kier molecular flexibility index (Phi) is 5.40. The Morgan fingerprint density at radius 1 is 1.09 bits per heavy atom. The number of alkyl halides is 3. The average molecular weight is 468 g/mol. The Morgan fingerprint density at radius 3 is 2.56 bits per heavy atom. The molecule has 1 aromatic heterocycles. The molecule has 0 spiro atoms. The van der Waals surface area contributed by atoms with Crippen LogP contribution in [0.25, 0.3) is 0 Å². The van der Waals surface area contributed by atoms with Crippen molar-refractivity contribution in [2.24, 2.45) is 0 Å². The van der Waals surface area contributed by atoms with Crippen molar-refractivity contribution in [3.8, 4) is 0 Å². The van der Waals surface area contributed by atoms with Gasteiger partial charge in [0.05, 0.1) is 5.56 Å². The van der Waals surface area contributed by atoms with Gasteiger partial charge < -0.3 is 21.7 Å². The number of amides is 2. The number of carbonyl (C=O) groups is 1. The maximum atomic E-state index is 12.9. The summed E-state index contributed by atoms with van der Waals surface area (Å²) in [6, 6.07) is 11.2. The van der Waals surface area contributed by atoms with Crippen molar-refractivity contribution in [2.75, 3.05) is 29.5 Å². The number of fused-ring (bicyclic) bond motifs is 1. The Hall–Kier alpha value is -3.99. The number of nitrogens with zero attached hydrogens (tertiary/aromatic N) is 3. The van der Waals surface area contributed by atoms with Crippen LogP contribution in [0.1, 0.15) is 23.1 Å². The predicted molar refractivity (Wildman–Crippen MR) is 121 cm³/mol. The lowest BCUT2D eigenvalue weighted by Crippen LogP contribution is -2.40. The monoisotopic (exact) mass is 468 g/mol. The van der Waals surface area contributed by atoms with E-state index in [-0.39, 0.29) is 11.7 Å². The molecule has 1 unspecified atom stereocenters. The molecular formula is C23H21F3N7O+. The largest absolute Gasteiger partial charge is 0.416 e. The van der Waals surface area contributed by atoms with Crippen LogP contribution in [0, 0.1) is 0 Å². The fourth-order valence-corrected chi connectivity index (χ4v) is 4.25. The molecule has 2 amide bonds. The quantitative estimate of drug-likeness (QED) is 0.438. The first-order valence-corrected chi connectivity index (χ1v) is 10.6. The lowest BCUT2D eigenvalue weighted by Gasteiger charge is -2.26. The van der Waals surface area contributed by atoms with E-state index < -0.39 is 17.8 Å². The minimum atomic E-state index is -4.49. The van der Waals surface area contributed by atoms with Gasteiger partial charge >= 0.3 is 18.0 Å². The van der Waals surface area contributed by atoms with Gasteiger partial charge in [-0.3, -0.25) is 0 Å². The maximum Gasteiger partial charge on any atom is 0.416 e. The second kappa shape index (κ2) is 8.41. The molecule has 174 valence electrons. The maximum absolute atomic E-state index is 12.9. The normalized spacial score (nSPS) is 17.2. The summed E-state index contributed by atoms with van der Waals surface area (Å²) in [5.74, 6) is 1.21. The summed E-state index contributed by atoms with van der Waals surface area (Å²) in [5, 5.41) is 8.41. The number of rotatable bonds is 4. The van der Waals surface area contributed by atoms with E-state index in [1.165, 1.54) is 18.5 Å². The average Bonchev–Trinajstić information content (AvgIpc) is 3.29. The zero-order valence-electron chi connectivity index (χ0n) is 17.9. The van der Waals surface area contributed by atoms with E-state index in [0.717, 1.165) is 54.3 Å². The van der Waals surface area contributed by atoms with Crippen molar-refractivity contribution in [3.05, 3.63) is 71.5 Å². The molecule has 0 radical (unpaired) electrons. The summed E-state index contributed by atoms with van der Waals surface area (Å²) >= 11 is 0. The Bertz CT molecular complexity index is 1280. The number of halogens is 3. The highest BCUT2D eigenvalue weighted by Crippen LogP contribution is 2.36. The van der Waals surface area contributed by atoms with E-state index >= 15 is 0 Å². The number of nitrogens with two attached hydrogens (primary N) is 1. The minimum Gasteiger partial charge on any atom is -0.383 e. The molecule has 5 rings (SSSR count). The number of nitrogens with one attached hydrogen (secondary N) is 3. The summed E-state index contributed by atoms with van der Waals surface area (Å²) in [6.45, 7) is 1.76. The highest BCUT2D eigenvalue weighted by atomic mass is 19.4. The summed E-state index contributed by atoms with van der Waals surface area (Å²) in [6.07, 6.45) is -2.06. The van der Waals surface area contributed by atoms with Crippen molar-refractivity contribution >= 4 is 34.8 Å². The van der Waals surface area contributed by atoms with E-state index in [2.05, 4.69) is 30.5 Å². The van der Waals surface area contributed by atoms with E-state index in [0.29, 0.717) is 11.5 Å². The van der Waals surface area contributed by atoms with Gasteiger partial charge in [0.15, 0.2) is 11.3 Å². The van der Waals surface area contributed by atoms with Crippen LogP contribution in [0.4, 0.5) is 41.0 Å². The third-order valence-corrected chi connectivity index (χ3v) is 5.83. The summed E-state index contributed by atoms with van der Waals surface area (Å²) in [4.78, 5) is 20.8. The van der Waals surface area contributed by atoms with Gasteiger partial charge in [0.2, 0.25) is 6.33 Å². The van der Waals surface area contributed by atoms with Gasteiger partial charge in [-0.15, -0.1) is 0 Å². The molecule has 3 aromatic rings. The third-order valence-electron chi connectivity index (χ3n) is 5.83. The van der Waals surface area contributed by atoms with Gasteiger partial charge in [-0.2, -0.15) is 18.2 Å². The Labute approximate surface area is 192 Å². The van der Waals surface area contributed by atoms with Crippen LogP contribution >= 0.6 is 0 Å². The van der Waals surface area contributed by atoms with E-state index in [9.17, 15) is 18.0 Å². The van der Waals surface area contributed by atoms with Gasteiger partial charge in [0.25, 0.3) is 0 Å². The molecule has 5 N–H and O–H groups in total. The van der Waals surface area contributed by atoms with Crippen molar-refractivity contribution in [1.29, 1.82) is 0 Å². The van der Waals surface area contributed by atoms with Gasteiger partial charge in [-0.05, 0) is 54.0 Å². The van der Waals surface area contributed by atoms with Gasteiger partial charge in [-0.25, -0.2) is 9.37 Å². The number of carbonyl (C=O) groups excluding carboxylic acids is 1. The molecule has 2 aliphatic rings. The summed E-state index contributed by atoms with van der Waals surface area (Å²) < 4.78 is 40.8. The second-order valence-corrected chi connectivity index (χ2v) is 8.06. The number of nitrogen functional groups attached to an aromatic ring is 1. The molecule has 1 saturated heterocycles. The smallest absolute Gasteiger partial charge is 0.383 e. The number of anilines is 3.